The Morgan fingerprint density at radius 2 is 1.09 bits per heavy atom. The van der Waals surface area contributed by atoms with Crippen LogP contribution < -0.4 is 0 Å². The SMILES string of the molecule is O.O=C(O)C(=O)C(=O)O.[BaH2].[Ti]. The van der Waals surface area contributed by atoms with Crippen molar-refractivity contribution < 1.29 is 51.8 Å². The van der Waals surface area contributed by atoms with E-state index in [1.165, 1.54) is 0 Å². The number of carboxylic acids is 2. The van der Waals surface area contributed by atoms with Gasteiger partial charge in [-0.3, -0.25) is 4.79 Å². The molecule has 11 heavy (non-hydrogen) atoms. The summed E-state index contributed by atoms with van der Waals surface area (Å²) < 4.78 is 0. The van der Waals surface area contributed by atoms with E-state index in [1.54, 1.807) is 0 Å². The van der Waals surface area contributed by atoms with E-state index in [9.17, 15) is 14.4 Å². The molecule has 0 aromatic rings. The number of carbonyl (C=O) groups excluding carboxylic acids is 1. The predicted molar refractivity (Wildman–Crippen MR) is 32.4 cm³/mol. The van der Waals surface area contributed by atoms with E-state index in [1.807, 2.05) is 0 Å². The van der Waals surface area contributed by atoms with E-state index in [0.29, 0.717) is 0 Å². The molecule has 0 rings (SSSR count). The number of carboxylic acid groups (broad SMARTS) is 2. The molecular weight excluding hydrogens is 317 g/mol. The molecule has 0 heterocycles. The molecule has 0 saturated carbocycles. The van der Waals surface area contributed by atoms with Crippen molar-refractivity contribution in [2.45, 2.75) is 0 Å². The molecule has 4 N–H and O–H groups in total. The van der Waals surface area contributed by atoms with Crippen molar-refractivity contribution in [2.75, 3.05) is 0 Å². The number of carbonyl (C=O) groups is 3. The maximum atomic E-state index is 9.64. The maximum absolute atomic E-state index is 9.64. The van der Waals surface area contributed by atoms with Crippen LogP contribution in [0, 0.1) is 0 Å². The fourth-order valence-electron chi connectivity index (χ4n) is 0.0915. The van der Waals surface area contributed by atoms with Crippen molar-refractivity contribution in [2.24, 2.45) is 0 Å². The molecule has 0 aromatic heterocycles. The third-order valence-corrected chi connectivity index (χ3v) is 0.388. The summed E-state index contributed by atoms with van der Waals surface area (Å²) in [5, 5.41) is 15.2. The normalized spacial score (nSPS) is 5.82. The summed E-state index contributed by atoms with van der Waals surface area (Å²) in [6.45, 7) is 0. The van der Waals surface area contributed by atoms with Crippen LogP contribution in [0.2, 0.25) is 0 Å². The van der Waals surface area contributed by atoms with E-state index in [0.717, 1.165) is 0 Å². The van der Waals surface area contributed by atoms with Gasteiger partial charge in [0.1, 0.15) is 0 Å². The van der Waals surface area contributed by atoms with Crippen molar-refractivity contribution in [1.29, 1.82) is 0 Å². The topological polar surface area (TPSA) is 123 Å². The van der Waals surface area contributed by atoms with Crippen LogP contribution in [0.4, 0.5) is 0 Å². The maximum Gasteiger partial charge on any atom is 0 e. The van der Waals surface area contributed by atoms with Crippen LogP contribution in [0.5, 0.6) is 0 Å². The number of hydrogen-bond acceptors (Lipinski definition) is 3. The Hall–Kier alpha value is 0.856. The molecule has 0 spiro atoms. The van der Waals surface area contributed by atoms with Gasteiger partial charge in [0.25, 0.3) is 0 Å². The van der Waals surface area contributed by atoms with Gasteiger partial charge in [-0.05, 0) is 0 Å². The molecule has 6 nitrogen and oxygen atoms in total. The molecule has 0 bridgehead atoms. The zero-order chi connectivity index (χ0) is 6.73. The second-order valence-corrected chi connectivity index (χ2v) is 0.939. The monoisotopic (exact) mass is 324 g/mol. The summed E-state index contributed by atoms with van der Waals surface area (Å²) in [5.74, 6) is -5.71. The van der Waals surface area contributed by atoms with E-state index < -0.39 is 17.7 Å². The van der Waals surface area contributed by atoms with E-state index in [2.05, 4.69) is 0 Å². The van der Waals surface area contributed by atoms with Crippen molar-refractivity contribution in [1.82, 2.24) is 0 Å². The molecule has 0 unspecified atom stereocenters. The summed E-state index contributed by atoms with van der Waals surface area (Å²) in [7, 11) is 0. The Kier molecular flexibility index (Phi) is 22.3. The summed E-state index contributed by atoms with van der Waals surface area (Å²) in [6, 6.07) is 0. The second-order valence-electron chi connectivity index (χ2n) is 0.939. The average Bonchev–Trinajstić information content (AvgIpc) is 1.64. The van der Waals surface area contributed by atoms with Crippen molar-refractivity contribution in [3.63, 3.8) is 0 Å². The molecule has 60 valence electrons. The number of Topliss-reactive ketones (excluding diaryl/α,β-unsaturated/α-hetero) is 1. The van der Waals surface area contributed by atoms with Crippen LogP contribution in [-0.2, 0) is 36.1 Å². The van der Waals surface area contributed by atoms with Crippen LogP contribution in [0.3, 0.4) is 0 Å². The standard InChI is InChI=1S/C3H2O5.Ba.H2O.Ti.2H/c4-1(2(5)6)3(7)8;;;;;/h(H,5,6)(H,7,8);;1H2;;;. The fraction of sp³-hybridized carbons (Fsp3) is 0. The molecule has 0 fully saturated rings. The van der Waals surface area contributed by atoms with Gasteiger partial charge in [0.15, 0.2) is 0 Å². The van der Waals surface area contributed by atoms with Crippen LogP contribution in [-0.4, -0.2) is 82.3 Å². The first-order valence-electron chi connectivity index (χ1n) is 1.56. The van der Waals surface area contributed by atoms with Crippen molar-refractivity contribution in [3.8, 4) is 0 Å². The van der Waals surface area contributed by atoms with E-state index in [4.69, 9.17) is 10.2 Å². The van der Waals surface area contributed by atoms with Crippen LogP contribution in [0.1, 0.15) is 0 Å². The van der Waals surface area contributed by atoms with Crippen LogP contribution in [0.25, 0.3) is 0 Å². The largest absolute Gasteiger partial charge is 0 e. The molecule has 0 atom stereocenters. The first-order chi connectivity index (χ1) is 3.55. The Bertz CT molecular complexity index is 140. The van der Waals surface area contributed by atoms with E-state index >= 15 is 0 Å². The first kappa shape index (κ1) is 22.6. The average molecular weight is 323 g/mol. The van der Waals surface area contributed by atoms with Gasteiger partial charge in [0, 0.05) is 21.7 Å². The summed E-state index contributed by atoms with van der Waals surface area (Å²) in [4.78, 5) is 28.5. The smallest absolute Gasteiger partial charge is 0 e. The van der Waals surface area contributed by atoms with Gasteiger partial charge in [-0.2, -0.15) is 0 Å². The molecule has 0 aliphatic rings. The number of aliphatic carboxylic acids is 2. The minimum Gasteiger partial charge on any atom is 0 e. The zero-order valence-corrected chi connectivity index (χ0v) is 6.18. The Labute approximate surface area is 117 Å². The van der Waals surface area contributed by atoms with Gasteiger partial charge >= 0.3 is 66.6 Å². The molecule has 0 amide bonds. The quantitative estimate of drug-likeness (QED) is 0.318. The van der Waals surface area contributed by atoms with E-state index in [-0.39, 0.29) is 76.1 Å². The molecule has 0 aliphatic carbocycles. The molecule has 8 heteroatoms. The first-order valence-corrected chi connectivity index (χ1v) is 1.56. The molecule has 0 aliphatic heterocycles. The van der Waals surface area contributed by atoms with Gasteiger partial charge in [-0.15, -0.1) is 0 Å². The minimum absolute atomic E-state index is 0. The summed E-state index contributed by atoms with van der Waals surface area (Å²) in [5.41, 5.74) is 0. The van der Waals surface area contributed by atoms with Crippen molar-refractivity contribution in [3.05, 3.63) is 0 Å². The second kappa shape index (κ2) is 10.9. The van der Waals surface area contributed by atoms with Crippen molar-refractivity contribution >= 4 is 66.6 Å². The van der Waals surface area contributed by atoms with Crippen LogP contribution in [0.15, 0.2) is 0 Å². The van der Waals surface area contributed by atoms with Gasteiger partial charge in [0.2, 0.25) is 0 Å². The Balaban J connectivity index is -0.0000000817. The Morgan fingerprint density at radius 3 is 1.09 bits per heavy atom. The van der Waals surface area contributed by atoms with Gasteiger partial charge in [-0.25, -0.2) is 9.59 Å². The summed E-state index contributed by atoms with van der Waals surface area (Å²) in [6.07, 6.45) is 0. The molecule has 0 radical (unpaired) electrons. The summed E-state index contributed by atoms with van der Waals surface area (Å²) >= 11 is 0. The third-order valence-electron chi connectivity index (χ3n) is 0.388. The van der Waals surface area contributed by atoms with Gasteiger partial charge in [-0.1, -0.05) is 0 Å². The molecular formula is C3H6BaO6Ti. The number of hydrogen-bond donors (Lipinski definition) is 2. The molecule has 0 saturated heterocycles. The van der Waals surface area contributed by atoms with Crippen LogP contribution >= 0.6 is 0 Å². The molecule has 0 aromatic carbocycles. The minimum atomic E-state index is -1.95. The predicted octanol–water partition coefficient (Wildman–Crippen LogP) is -3.02. The number of ketones is 1. The third kappa shape index (κ3) is 10.9. The van der Waals surface area contributed by atoms with Gasteiger partial charge < -0.3 is 15.7 Å². The Morgan fingerprint density at radius 1 is 0.909 bits per heavy atom. The zero-order valence-electron chi connectivity index (χ0n) is 4.62. The number of rotatable bonds is 2. The fourth-order valence-corrected chi connectivity index (χ4v) is 0.0915. The van der Waals surface area contributed by atoms with Gasteiger partial charge in [0.05, 0.1) is 0 Å².